The molecule has 7 nitrogen and oxygen atoms in total. The number of anilines is 1. The molecular weight excluding hydrogens is 390 g/mol. The Bertz CT molecular complexity index is 1040. The molecule has 0 radical (unpaired) electrons. The fourth-order valence-corrected chi connectivity index (χ4v) is 2.47. The van der Waals surface area contributed by atoms with E-state index in [4.69, 9.17) is 4.74 Å². The molecule has 3 aromatic rings. The molecule has 1 atom stereocenters. The Hall–Kier alpha value is -2.87. The molecule has 2 aromatic carbocycles. The molecule has 0 aliphatic heterocycles. The molecule has 3 rings (SSSR count). The summed E-state index contributed by atoms with van der Waals surface area (Å²) >= 11 is 3.33. The minimum atomic E-state index is -0.747. The number of amides is 1. The van der Waals surface area contributed by atoms with Crippen molar-refractivity contribution in [3.63, 3.8) is 0 Å². The molecule has 0 saturated carbocycles. The van der Waals surface area contributed by atoms with Crippen LogP contribution in [0.15, 0.2) is 56.5 Å². The minimum absolute atomic E-state index is 0.339. The topological polar surface area (TPSA) is 104 Å². The van der Waals surface area contributed by atoms with E-state index in [1.54, 1.807) is 37.3 Å². The second kappa shape index (κ2) is 6.94. The number of aromatic amines is 2. The first kappa shape index (κ1) is 17.0. The molecule has 0 saturated heterocycles. The van der Waals surface area contributed by atoms with Crippen molar-refractivity contribution in [2.75, 3.05) is 5.32 Å². The van der Waals surface area contributed by atoms with Gasteiger partial charge in [-0.2, -0.15) is 0 Å². The molecule has 0 aliphatic carbocycles. The number of hydrogen-bond donors (Lipinski definition) is 3. The SMILES string of the molecule is CC(Oc1ccc(Br)cc1)C(=O)Nc1ccc2[nH]c(=O)c(=O)[nH]c2c1. The van der Waals surface area contributed by atoms with Gasteiger partial charge in [0.25, 0.3) is 5.91 Å². The van der Waals surface area contributed by atoms with Crippen LogP contribution in [-0.2, 0) is 4.79 Å². The van der Waals surface area contributed by atoms with Crippen LogP contribution in [0.25, 0.3) is 11.0 Å². The van der Waals surface area contributed by atoms with E-state index in [1.165, 1.54) is 0 Å². The highest BCUT2D eigenvalue weighted by molar-refractivity contribution is 9.10. The van der Waals surface area contributed by atoms with Crippen LogP contribution in [0.4, 0.5) is 5.69 Å². The molecular formula is C17H14BrN3O4. The summed E-state index contributed by atoms with van der Waals surface area (Å²) in [5.74, 6) is 0.236. The molecule has 1 unspecified atom stereocenters. The monoisotopic (exact) mass is 403 g/mol. The number of H-pyrrole nitrogens is 2. The van der Waals surface area contributed by atoms with Gasteiger partial charge in [-0.05, 0) is 49.4 Å². The second-order valence-electron chi connectivity index (χ2n) is 5.37. The van der Waals surface area contributed by atoms with Crippen molar-refractivity contribution in [2.45, 2.75) is 13.0 Å². The van der Waals surface area contributed by atoms with Crippen LogP contribution in [0.1, 0.15) is 6.92 Å². The largest absolute Gasteiger partial charge is 0.481 e. The Morgan fingerprint density at radius 1 is 1.04 bits per heavy atom. The normalized spacial score (nSPS) is 11.9. The number of aromatic nitrogens is 2. The summed E-state index contributed by atoms with van der Waals surface area (Å²) in [6.45, 7) is 1.64. The first-order chi connectivity index (χ1) is 11.9. The van der Waals surface area contributed by atoms with Gasteiger partial charge in [-0.3, -0.25) is 14.4 Å². The summed E-state index contributed by atoms with van der Waals surface area (Å²) in [6, 6.07) is 11.9. The Balaban J connectivity index is 1.74. The number of rotatable bonds is 4. The van der Waals surface area contributed by atoms with Gasteiger partial charge in [-0.1, -0.05) is 15.9 Å². The van der Waals surface area contributed by atoms with Gasteiger partial charge in [0.2, 0.25) is 0 Å². The van der Waals surface area contributed by atoms with Gasteiger partial charge in [0.1, 0.15) is 5.75 Å². The lowest BCUT2D eigenvalue weighted by Gasteiger charge is -2.15. The van der Waals surface area contributed by atoms with Gasteiger partial charge in [-0.15, -0.1) is 0 Å². The van der Waals surface area contributed by atoms with Crippen molar-refractivity contribution in [3.05, 3.63) is 67.6 Å². The lowest BCUT2D eigenvalue weighted by Crippen LogP contribution is -2.30. The maximum atomic E-state index is 12.3. The summed E-state index contributed by atoms with van der Waals surface area (Å²) in [6.07, 6.45) is -0.716. The van der Waals surface area contributed by atoms with Crippen molar-refractivity contribution in [1.29, 1.82) is 0 Å². The van der Waals surface area contributed by atoms with E-state index in [-0.39, 0.29) is 5.91 Å². The molecule has 0 aliphatic rings. The Labute approximate surface area is 150 Å². The molecule has 0 bridgehead atoms. The smallest absolute Gasteiger partial charge is 0.314 e. The van der Waals surface area contributed by atoms with Gasteiger partial charge >= 0.3 is 11.1 Å². The predicted octanol–water partition coefficient (Wildman–Crippen LogP) is 2.38. The van der Waals surface area contributed by atoms with Gasteiger partial charge in [0.05, 0.1) is 11.0 Å². The third-order valence-corrected chi connectivity index (χ3v) is 4.01. The van der Waals surface area contributed by atoms with Gasteiger partial charge < -0.3 is 20.0 Å². The Morgan fingerprint density at radius 2 is 1.68 bits per heavy atom. The van der Waals surface area contributed by atoms with Gasteiger partial charge in [0, 0.05) is 10.2 Å². The number of benzene rings is 2. The van der Waals surface area contributed by atoms with E-state index < -0.39 is 17.2 Å². The molecule has 1 amide bonds. The van der Waals surface area contributed by atoms with E-state index in [1.807, 2.05) is 12.1 Å². The van der Waals surface area contributed by atoms with E-state index in [2.05, 4.69) is 31.2 Å². The van der Waals surface area contributed by atoms with Crippen molar-refractivity contribution >= 4 is 38.6 Å². The molecule has 1 aromatic heterocycles. The number of fused-ring (bicyclic) bond motifs is 1. The lowest BCUT2D eigenvalue weighted by atomic mass is 10.2. The fraction of sp³-hybridized carbons (Fsp3) is 0.118. The zero-order valence-corrected chi connectivity index (χ0v) is 14.7. The maximum Gasteiger partial charge on any atom is 0.314 e. The minimum Gasteiger partial charge on any atom is -0.481 e. The van der Waals surface area contributed by atoms with Crippen LogP contribution in [0.2, 0.25) is 0 Å². The molecule has 25 heavy (non-hydrogen) atoms. The average Bonchev–Trinajstić information content (AvgIpc) is 2.58. The summed E-state index contributed by atoms with van der Waals surface area (Å²) < 4.78 is 6.50. The number of nitrogens with one attached hydrogen (secondary N) is 3. The highest BCUT2D eigenvalue weighted by atomic mass is 79.9. The van der Waals surface area contributed by atoms with Crippen LogP contribution in [0.3, 0.4) is 0 Å². The van der Waals surface area contributed by atoms with Crippen LogP contribution in [-0.4, -0.2) is 22.0 Å². The van der Waals surface area contributed by atoms with Gasteiger partial charge in [0.15, 0.2) is 6.10 Å². The second-order valence-corrected chi connectivity index (χ2v) is 6.29. The molecule has 1 heterocycles. The fourth-order valence-electron chi connectivity index (χ4n) is 2.21. The zero-order valence-electron chi connectivity index (χ0n) is 13.1. The number of halogens is 1. The van der Waals surface area contributed by atoms with E-state index >= 15 is 0 Å². The summed E-state index contributed by atoms with van der Waals surface area (Å²) in [5, 5.41) is 2.71. The molecule has 0 spiro atoms. The van der Waals surface area contributed by atoms with Crippen molar-refractivity contribution in [2.24, 2.45) is 0 Å². The van der Waals surface area contributed by atoms with Crippen molar-refractivity contribution in [3.8, 4) is 5.75 Å². The number of carbonyl (C=O) groups is 1. The van der Waals surface area contributed by atoms with Crippen LogP contribution in [0, 0.1) is 0 Å². The summed E-state index contributed by atoms with van der Waals surface area (Å²) in [7, 11) is 0. The first-order valence-electron chi connectivity index (χ1n) is 7.42. The molecule has 8 heteroatoms. The van der Waals surface area contributed by atoms with E-state index in [0.29, 0.717) is 22.5 Å². The Morgan fingerprint density at radius 3 is 2.36 bits per heavy atom. The standard InChI is InChI=1S/C17H14BrN3O4/c1-9(25-12-5-2-10(18)3-6-12)15(22)19-11-4-7-13-14(8-11)21-17(24)16(23)20-13/h2-9H,1H3,(H,19,22)(H,20,23)(H,21,24). The van der Waals surface area contributed by atoms with Crippen molar-refractivity contribution < 1.29 is 9.53 Å². The number of carbonyl (C=O) groups excluding carboxylic acids is 1. The molecule has 128 valence electrons. The number of hydrogen-bond acceptors (Lipinski definition) is 4. The first-order valence-corrected chi connectivity index (χ1v) is 8.21. The molecule has 3 N–H and O–H groups in total. The Kier molecular flexibility index (Phi) is 4.71. The highest BCUT2D eigenvalue weighted by Crippen LogP contribution is 2.18. The predicted molar refractivity (Wildman–Crippen MR) is 98.1 cm³/mol. The van der Waals surface area contributed by atoms with Crippen molar-refractivity contribution in [1.82, 2.24) is 9.97 Å². The van der Waals surface area contributed by atoms with Crippen LogP contribution < -0.4 is 21.2 Å². The van der Waals surface area contributed by atoms with E-state index in [0.717, 1.165) is 4.47 Å². The number of ether oxygens (including phenoxy) is 1. The highest BCUT2D eigenvalue weighted by Gasteiger charge is 2.15. The molecule has 0 fully saturated rings. The summed E-state index contributed by atoms with van der Waals surface area (Å²) in [4.78, 5) is 39.9. The van der Waals surface area contributed by atoms with Crippen LogP contribution >= 0.6 is 15.9 Å². The maximum absolute atomic E-state index is 12.3. The lowest BCUT2D eigenvalue weighted by molar-refractivity contribution is -0.122. The third kappa shape index (κ3) is 3.97. The van der Waals surface area contributed by atoms with E-state index in [9.17, 15) is 14.4 Å². The van der Waals surface area contributed by atoms with Crippen LogP contribution in [0.5, 0.6) is 5.75 Å². The quantitative estimate of drug-likeness (QED) is 0.581. The summed E-state index contributed by atoms with van der Waals surface area (Å²) in [5.41, 5.74) is -0.0965. The van der Waals surface area contributed by atoms with Gasteiger partial charge in [-0.25, -0.2) is 0 Å². The third-order valence-electron chi connectivity index (χ3n) is 3.49. The average molecular weight is 404 g/mol. The zero-order chi connectivity index (χ0) is 18.0.